The molecule has 2 N–H and O–H groups in total. The van der Waals surface area contributed by atoms with Gasteiger partial charge < -0.3 is 19.9 Å². The molecule has 1 aliphatic rings. The Morgan fingerprint density at radius 1 is 1.27 bits per heavy atom. The van der Waals surface area contributed by atoms with E-state index in [-0.39, 0.29) is 5.41 Å². The summed E-state index contributed by atoms with van der Waals surface area (Å²) < 4.78 is 11.0. The van der Waals surface area contributed by atoms with Gasteiger partial charge in [-0.3, -0.25) is 4.79 Å². The van der Waals surface area contributed by atoms with Gasteiger partial charge >= 0.3 is 5.97 Å². The van der Waals surface area contributed by atoms with Crippen LogP contribution in [0.4, 0.5) is 0 Å². The highest BCUT2D eigenvalue weighted by atomic mass is 16.6. The largest absolute Gasteiger partial charge is 0.486 e. The van der Waals surface area contributed by atoms with Crippen molar-refractivity contribution < 1.29 is 19.4 Å². The molecule has 0 fully saturated rings. The molecule has 2 rings (SSSR count). The van der Waals surface area contributed by atoms with E-state index in [2.05, 4.69) is 26.1 Å². The van der Waals surface area contributed by atoms with Crippen molar-refractivity contribution in [3.8, 4) is 11.5 Å². The van der Waals surface area contributed by atoms with E-state index in [1.165, 1.54) is 0 Å². The Balaban J connectivity index is 1.93. The minimum absolute atomic E-state index is 0.131. The van der Waals surface area contributed by atoms with Gasteiger partial charge in [0.15, 0.2) is 11.5 Å². The Hall–Kier alpha value is -1.75. The molecule has 0 saturated heterocycles. The van der Waals surface area contributed by atoms with Crippen LogP contribution in [0.15, 0.2) is 18.2 Å². The molecule has 5 nitrogen and oxygen atoms in total. The number of rotatable bonds is 6. The normalized spacial score (nSPS) is 15.4. The van der Waals surface area contributed by atoms with Gasteiger partial charge in [-0.15, -0.1) is 0 Å². The first-order valence-electron chi connectivity index (χ1n) is 7.70. The predicted octanol–water partition coefficient (Wildman–Crippen LogP) is 2.83. The van der Waals surface area contributed by atoms with Gasteiger partial charge in [0.05, 0.1) is 0 Å². The third-order valence-electron chi connectivity index (χ3n) is 3.64. The first-order valence-corrected chi connectivity index (χ1v) is 7.70. The summed E-state index contributed by atoms with van der Waals surface area (Å²) in [6.45, 7) is 7.97. The van der Waals surface area contributed by atoms with Crippen LogP contribution >= 0.6 is 0 Å². The zero-order valence-corrected chi connectivity index (χ0v) is 13.5. The molecule has 0 aromatic heterocycles. The van der Waals surface area contributed by atoms with Crippen LogP contribution in [0.3, 0.4) is 0 Å². The number of nitrogens with one attached hydrogen (secondary N) is 1. The second-order valence-corrected chi connectivity index (χ2v) is 6.85. The van der Waals surface area contributed by atoms with Gasteiger partial charge in [-0.2, -0.15) is 0 Å². The molecule has 1 atom stereocenters. The first kappa shape index (κ1) is 16.6. The van der Waals surface area contributed by atoms with Crippen LogP contribution in [0.1, 0.15) is 39.2 Å². The van der Waals surface area contributed by atoms with Gasteiger partial charge in [-0.25, -0.2) is 0 Å². The molecule has 0 unspecified atom stereocenters. The summed E-state index contributed by atoms with van der Waals surface area (Å²) in [4.78, 5) is 11.4. The summed E-state index contributed by atoms with van der Waals surface area (Å²) in [7, 11) is 0. The van der Waals surface area contributed by atoms with Crippen LogP contribution in [0.5, 0.6) is 11.5 Å². The smallest absolute Gasteiger partial charge is 0.320 e. The SMILES string of the molecule is CC(C)(C)CC[C@H](NCc1ccc2c(c1)OCCO2)C(=O)O. The zero-order chi connectivity index (χ0) is 16.2. The number of fused-ring (bicyclic) bond motifs is 1. The maximum Gasteiger partial charge on any atom is 0.320 e. The standard InChI is InChI=1S/C17H25NO4/c1-17(2,3)7-6-13(16(19)20)18-11-12-4-5-14-15(10-12)22-9-8-21-14/h4-5,10,13,18H,6-9,11H2,1-3H3,(H,19,20)/t13-/m0/s1. The number of hydrogen-bond acceptors (Lipinski definition) is 4. The highest BCUT2D eigenvalue weighted by molar-refractivity contribution is 5.73. The minimum Gasteiger partial charge on any atom is -0.486 e. The van der Waals surface area contributed by atoms with E-state index in [1.807, 2.05) is 18.2 Å². The van der Waals surface area contributed by atoms with Gasteiger partial charge in [0.1, 0.15) is 19.3 Å². The van der Waals surface area contributed by atoms with E-state index in [1.54, 1.807) is 0 Å². The van der Waals surface area contributed by atoms with Crippen molar-refractivity contribution in [1.82, 2.24) is 5.32 Å². The monoisotopic (exact) mass is 307 g/mol. The summed E-state index contributed by atoms with van der Waals surface area (Å²) in [6.07, 6.45) is 1.47. The Morgan fingerprint density at radius 3 is 2.59 bits per heavy atom. The number of aliphatic carboxylic acids is 1. The average Bonchev–Trinajstić information content (AvgIpc) is 2.45. The summed E-state index contributed by atoms with van der Waals surface area (Å²) in [5.41, 5.74) is 1.12. The Kier molecular flexibility index (Phi) is 5.29. The van der Waals surface area contributed by atoms with Crippen molar-refractivity contribution >= 4 is 5.97 Å². The second-order valence-electron chi connectivity index (χ2n) is 6.85. The lowest BCUT2D eigenvalue weighted by atomic mass is 9.88. The Bertz CT molecular complexity index is 522. The maximum absolute atomic E-state index is 11.4. The average molecular weight is 307 g/mol. The number of hydrogen-bond donors (Lipinski definition) is 2. The molecule has 0 bridgehead atoms. The summed E-state index contributed by atoms with van der Waals surface area (Å²) >= 11 is 0. The van der Waals surface area contributed by atoms with E-state index in [4.69, 9.17) is 9.47 Å². The molecule has 122 valence electrons. The number of carbonyl (C=O) groups is 1. The van der Waals surface area contributed by atoms with Crippen LogP contribution in [0.25, 0.3) is 0 Å². The lowest BCUT2D eigenvalue weighted by Crippen LogP contribution is -2.37. The summed E-state index contributed by atoms with van der Waals surface area (Å²) in [5.74, 6) is 0.673. The van der Waals surface area contributed by atoms with Crippen molar-refractivity contribution in [2.75, 3.05) is 13.2 Å². The molecule has 22 heavy (non-hydrogen) atoms. The van der Waals surface area contributed by atoms with E-state index in [0.717, 1.165) is 23.5 Å². The van der Waals surface area contributed by atoms with Gasteiger partial charge in [-0.05, 0) is 36.0 Å². The van der Waals surface area contributed by atoms with Crippen molar-refractivity contribution in [3.63, 3.8) is 0 Å². The van der Waals surface area contributed by atoms with Gasteiger partial charge in [0, 0.05) is 6.54 Å². The molecule has 5 heteroatoms. The second kappa shape index (κ2) is 7.01. The lowest BCUT2D eigenvalue weighted by Gasteiger charge is -2.22. The van der Waals surface area contributed by atoms with Crippen LogP contribution in [-0.4, -0.2) is 30.3 Å². The maximum atomic E-state index is 11.4. The molecular formula is C17H25NO4. The molecule has 0 saturated carbocycles. The van der Waals surface area contributed by atoms with Crippen LogP contribution in [0, 0.1) is 5.41 Å². The third kappa shape index (κ3) is 4.91. The van der Waals surface area contributed by atoms with Gasteiger partial charge in [-0.1, -0.05) is 26.8 Å². The van der Waals surface area contributed by atoms with Crippen molar-refractivity contribution in [2.24, 2.45) is 5.41 Å². The van der Waals surface area contributed by atoms with E-state index in [0.29, 0.717) is 26.2 Å². The van der Waals surface area contributed by atoms with Crippen LogP contribution < -0.4 is 14.8 Å². The fraction of sp³-hybridized carbons (Fsp3) is 0.588. The Labute approximate surface area is 131 Å². The van der Waals surface area contributed by atoms with Crippen LogP contribution in [0.2, 0.25) is 0 Å². The molecule has 0 spiro atoms. The number of carboxylic acids is 1. The fourth-order valence-corrected chi connectivity index (χ4v) is 2.33. The molecule has 1 aromatic carbocycles. The van der Waals surface area contributed by atoms with E-state index >= 15 is 0 Å². The lowest BCUT2D eigenvalue weighted by molar-refractivity contribution is -0.139. The molecule has 0 amide bonds. The summed E-state index contributed by atoms with van der Waals surface area (Å²) in [5, 5.41) is 12.5. The first-order chi connectivity index (χ1) is 10.3. The molecule has 0 radical (unpaired) electrons. The Morgan fingerprint density at radius 2 is 1.95 bits per heavy atom. The predicted molar refractivity (Wildman–Crippen MR) is 84.4 cm³/mol. The fourth-order valence-electron chi connectivity index (χ4n) is 2.33. The molecule has 0 aliphatic carbocycles. The summed E-state index contributed by atoms with van der Waals surface area (Å²) in [6, 6.07) is 5.18. The van der Waals surface area contributed by atoms with Gasteiger partial charge in [0.25, 0.3) is 0 Å². The zero-order valence-electron chi connectivity index (χ0n) is 13.5. The van der Waals surface area contributed by atoms with Crippen LogP contribution in [-0.2, 0) is 11.3 Å². The van der Waals surface area contributed by atoms with E-state index in [9.17, 15) is 9.90 Å². The molecular weight excluding hydrogens is 282 g/mol. The van der Waals surface area contributed by atoms with Gasteiger partial charge in [0.2, 0.25) is 0 Å². The van der Waals surface area contributed by atoms with Crippen molar-refractivity contribution in [1.29, 1.82) is 0 Å². The quantitative estimate of drug-likeness (QED) is 0.846. The van der Waals surface area contributed by atoms with Crippen molar-refractivity contribution in [3.05, 3.63) is 23.8 Å². The molecule has 1 heterocycles. The molecule has 1 aliphatic heterocycles. The third-order valence-corrected chi connectivity index (χ3v) is 3.64. The van der Waals surface area contributed by atoms with Crippen molar-refractivity contribution in [2.45, 2.75) is 46.2 Å². The molecule has 1 aromatic rings. The highest BCUT2D eigenvalue weighted by Gasteiger charge is 2.21. The number of benzene rings is 1. The van der Waals surface area contributed by atoms with E-state index < -0.39 is 12.0 Å². The number of carboxylic acid groups (broad SMARTS) is 1. The highest BCUT2D eigenvalue weighted by Crippen LogP contribution is 2.30. The minimum atomic E-state index is -0.804. The number of ether oxygens (including phenoxy) is 2. The topological polar surface area (TPSA) is 67.8 Å².